The molecule has 25 heavy (non-hydrogen) atoms. The summed E-state index contributed by atoms with van der Waals surface area (Å²) in [5.74, 6) is -1.69. The van der Waals surface area contributed by atoms with E-state index < -0.39 is 5.97 Å². The number of benzene rings is 3. The van der Waals surface area contributed by atoms with Crippen LogP contribution >= 0.6 is 0 Å². The summed E-state index contributed by atoms with van der Waals surface area (Å²) < 4.78 is 0. The lowest BCUT2D eigenvalue weighted by molar-refractivity contribution is 0.0696. The minimum Gasteiger partial charge on any atom is -0.478 e. The monoisotopic (exact) mass is 331 g/mol. The normalized spacial score (nSPS) is 13.4. The van der Waals surface area contributed by atoms with Crippen LogP contribution in [0.25, 0.3) is 10.8 Å². The first kappa shape index (κ1) is 15.1. The van der Waals surface area contributed by atoms with Crippen molar-refractivity contribution >= 4 is 34.2 Å². The number of fused-ring (bicyclic) bond motifs is 2. The number of anilines is 1. The molecule has 2 amide bonds. The van der Waals surface area contributed by atoms with E-state index in [0.717, 1.165) is 21.2 Å². The van der Waals surface area contributed by atoms with Gasteiger partial charge >= 0.3 is 5.97 Å². The van der Waals surface area contributed by atoms with Crippen molar-refractivity contribution in [1.29, 1.82) is 0 Å². The number of amides is 2. The molecule has 0 aliphatic carbocycles. The van der Waals surface area contributed by atoms with E-state index in [1.807, 2.05) is 6.92 Å². The number of carboxylic acid groups (broad SMARTS) is 1. The number of carboxylic acids is 1. The van der Waals surface area contributed by atoms with Gasteiger partial charge < -0.3 is 5.11 Å². The molecule has 1 aliphatic heterocycles. The topological polar surface area (TPSA) is 74.7 Å². The Morgan fingerprint density at radius 1 is 0.840 bits per heavy atom. The van der Waals surface area contributed by atoms with Crippen molar-refractivity contribution in [2.45, 2.75) is 6.92 Å². The Morgan fingerprint density at radius 2 is 1.52 bits per heavy atom. The maximum Gasteiger partial charge on any atom is 0.335 e. The number of hydrogen-bond acceptors (Lipinski definition) is 3. The predicted octanol–water partition coefficient (Wildman–Crippen LogP) is 3.65. The minimum absolute atomic E-state index is 0.191. The highest BCUT2D eigenvalue weighted by Crippen LogP contribution is 2.31. The molecule has 0 fully saturated rings. The zero-order chi connectivity index (χ0) is 17.7. The molecule has 1 heterocycles. The largest absolute Gasteiger partial charge is 0.478 e. The highest BCUT2D eigenvalue weighted by molar-refractivity contribution is 6.34. The molecule has 1 N–H and O–H groups in total. The lowest BCUT2D eigenvalue weighted by Crippen LogP contribution is -2.29. The van der Waals surface area contributed by atoms with Crippen LogP contribution in [0, 0.1) is 6.92 Å². The van der Waals surface area contributed by atoms with Crippen molar-refractivity contribution in [2.75, 3.05) is 4.90 Å². The van der Waals surface area contributed by atoms with Crippen LogP contribution in [0.4, 0.5) is 5.69 Å². The zero-order valence-electron chi connectivity index (χ0n) is 13.3. The Kier molecular flexibility index (Phi) is 3.18. The number of nitrogens with zero attached hydrogens (tertiary/aromatic N) is 1. The fourth-order valence-corrected chi connectivity index (χ4v) is 3.09. The lowest BCUT2D eigenvalue weighted by atomic mass is 10.1. The van der Waals surface area contributed by atoms with Crippen molar-refractivity contribution in [3.8, 4) is 0 Å². The van der Waals surface area contributed by atoms with E-state index in [-0.39, 0.29) is 17.4 Å². The third kappa shape index (κ3) is 2.29. The molecular weight excluding hydrogens is 318 g/mol. The molecule has 0 unspecified atom stereocenters. The highest BCUT2D eigenvalue weighted by Gasteiger charge is 2.36. The van der Waals surface area contributed by atoms with Gasteiger partial charge in [0.1, 0.15) is 0 Å². The summed E-state index contributed by atoms with van der Waals surface area (Å²) in [6.07, 6.45) is 0. The third-order valence-electron chi connectivity index (χ3n) is 4.37. The van der Waals surface area contributed by atoms with Crippen LogP contribution in [-0.4, -0.2) is 22.9 Å². The number of aryl methyl sites for hydroxylation is 1. The van der Waals surface area contributed by atoms with Gasteiger partial charge in [-0.15, -0.1) is 0 Å². The lowest BCUT2D eigenvalue weighted by Gasteiger charge is -2.14. The quantitative estimate of drug-likeness (QED) is 0.727. The second kappa shape index (κ2) is 5.27. The van der Waals surface area contributed by atoms with Gasteiger partial charge in [-0.1, -0.05) is 23.8 Å². The SMILES string of the molecule is Cc1ccc2c(c1)C(=O)N(c1ccc3cc(C(=O)O)ccc3c1)C2=O. The fourth-order valence-electron chi connectivity index (χ4n) is 3.09. The summed E-state index contributed by atoms with van der Waals surface area (Å²) in [6.45, 7) is 1.87. The Hall–Kier alpha value is -3.47. The van der Waals surface area contributed by atoms with E-state index in [4.69, 9.17) is 5.11 Å². The highest BCUT2D eigenvalue weighted by atomic mass is 16.4. The van der Waals surface area contributed by atoms with E-state index in [2.05, 4.69) is 0 Å². The summed E-state index contributed by atoms with van der Waals surface area (Å²) in [6, 6.07) is 15.0. The van der Waals surface area contributed by atoms with E-state index in [9.17, 15) is 14.4 Å². The number of carbonyl (C=O) groups excluding carboxylic acids is 2. The molecule has 4 rings (SSSR count). The van der Waals surface area contributed by atoms with Crippen LogP contribution in [-0.2, 0) is 0 Å². The van der Waals surface area contributed by atoms with E-state index >= 15 is 0 Å². The predicted molar refractivity (Wildman–Crippen MR) is 93.2 cm³/mol. The van der Waals surface area contributed by atoms with Gasteiger partial charge in [-0.3, -0.25) is 9.59 Å². The second-order valence-corrected chi connectivity index (χ2v) is 6.05. The van der Waals surface area contributed by atoms with Crippen LogP contribution in [0.5, 0.6) is 0 Å². The first-order valence-electron chi connectivity index (χ1n) is 7.72. The second-order valence-electron chi connectivity index (χ2n) is 6.05. The fraction of sp³-hybridized carbons (Fsp3) is 0.0500. The molecule has 0 spiro atoms. The Balaban J connectivity index is 1.80. The van der Waals surface area contributed by atoms with Gasteiger partial charge in [0, 0.05) is 0 Å². The smallest absolute Gasteiger partial charge is 0.335 e. The van der Waals surface area contributed by atoms with Gasteiger partial charge in [0.25, 0.3) is 11.8 Å². The zero-order valence-corrected chi connectivity index (χ0v) is 13.3. The van der Waals surface area contributed by atoms with Gasteiger partial charge in [-0.25, -0.2) is 9.69 Å². The van der Waals surface area contributed by atoms with Crippen LogP contribution < -0.4 is 4.90 Å². The maximum atomic E-state index is 12.7. The molecule has 3 aromatic rings. The molecular formula is C20H13NO4. The molecule has 5 heteroatoms. The number of aromatic carboxylic acids is 1. The van der Waals surface area contributed by atoms with Crippen LogP contribution in [0.3, 0.4) is 0 Å². The van der Waals surface area contributed by atoms with Crippen molar-refractivity contribution in [1.82, 2.24) is 0 Å². The average molecular weight is 331 g/mol. The molecule has 0 saturated carbocycles. The van der Waals surface area contributed by atoms with Gasteiger partial charge in [0.2, 0.25) is 0 Å². The Morgan fingerprint density at radius 3 is 2.28 bits per heavy atom. The van der Waals surface area contributed by atoms with Crippen molar-refractivity contribution in [3.05, 3.63) is 76.9 Å². The number of imide groups is 1. The molecule has 0 aromatic heterocycles. The van der Waals surface area contributed by atoms with Gasteiger partial charge in [-0.2, -0.15) is 0 Å². The van der Waals surface area contributed by atoms with Gasteiger partial charge in [0.05, 0.1) is 22.4 Å². The third-order valence-corrected chi connectivity index (χ3v) is 4.37. The molecule has 1 aliphatic rings. The molecule has 3 aromatic carbocycles. The summed E-state index contributed by atoms with van der Waals surface area (Å²) in [5.41, 5.74) is 2.39. The molecule has 0 bridgehead atoms. The maximum absolute atomic E-state index is 12.7. The number of carbonyl (C=O) groups is 3. The Bertz CT molecular complexity index is 1080. The van der Waals surface area contributed by atoms with E-state index in [1.54, 1.807) is 48.5 Å². The first-order valence-corrected chi connectivity index (χ1v) is 7.72. The van der Waals surface area contributed by atoms with Crippen LogP contribution in [0.2, 0.25) is 0 Å². The first-order chi connectivity index (χ1) is 12.0. The number of hydrogen-bond donors (Lipinski definition) is 1. The summed E-state index contributed by atoms with van der Waals surface area (Å²) in [4.78, 5) is 37.5. The summed E-state index contributed by atoms with van der Waals surface area (Å²) in [7, 11) is 0. The molecule has 0 saturated heterocycles. The van der Waals surface area contributed by atoms with Gasteiger partial charge in [0.15, 0.2) is 0 Å². The van der Waals surface area contributed by atoms with Crippen LogP contribution in [0.1, 0.15) is 36.6 Å². The van der Waals surface area contributed by atoms with Gasteiger partial charge in [-0.05, 0) is 54.1 Å². The van der Waals surface area contributed by atoms with E-state index in [0.29, 0.717) is 16.8 Å². The molecule has 5 nitrogen and oxygen atoms in total. The Labute approximate surface area is 143 Å². The summed E-state index contributed by atoms with van der Waals surface area (Å²) in [5, 5.41) is 10.6. The average Bonchev–Trinajstić information content (AvgIpc) is 2.84. The molecule has 122 valence electrons. The minimum atomic E-state index is -0.998. The number of rotatable bonds is 2. The molecule has 0 radical (unpaired) electrons. The van der Waals surface area contributed by atoms with Crippen molar-refractivity contribution in [2.24, 2.45) is 0 Å². The standard InChI is InChI=1S/C20H13NO4/c1-11-2-7-16-17(8-11)19(23)21(18(16)22)15-6-5-12-9-14(20(24)25)4-3-13(12)10-15/h2-10H,1H3,(H,24,25). The van der Waals surface area contributed by atoms with E-state index in [1.165, 1.54) is 6.07 Å². The van der Waals surface area contributed by atoms with Crippen molar-refractivity contribution < 1.29 is 19.5 Å². The summed E-state index contributed by atoms with van der Waals surface area (Å²) >= 11 is 0. The molecule has 0 atom stereocenters. The van der Waals surface area contributed by atoms with Crippen LogP contribution in [0.15, 0.2) is 54.6 Å². The van der Waals surface area contributed by atoms with Crippen molar-refractivity contribution in [3.63, 3.8) is 0 Å².